The molecule has 1 atom stereocenters. The second kappa shape index (κ2) is 7.33. The van der Waals surface area contributed by atoms with Crippen molar-refractivity contribution in [3.63, 3.8) is 0 Å². The molecule has 122 valence electrons. The highest BCUT2D eigenvalue weighted by Crippen LogP contribution is 2.23. The molecule has 1 heterocycles. The number of benzene rings is 1. The van der Waals surface area contributed by atoms with E-state index in [-0.39, 0.29) is 29.8 Å². The number of carbonyl (C=O) groups is 1. The van der Waals surface area contributed by atoms with Crippen molar-refractivity contribution in [1.82, 2.24) is 4.31 Å². The Kier molecular flexibility index (Phi) is 5.69. The molecule has 2 rings (SSSR count). The van der Waals surface area contributed by atoms with Crippen molar-refractivity contribution in [3.8, 4) is 0 Å². The summed E-state index contributed by atoms with van der Waals surface area (Å²) >= 11 is 0. The third kappa shape index (κ3) is 4.14. The van der Waals surface area contributed by atoms with E-state index in [2.05, 4.69) is 0 Å². The number of hydrogen-bond donors (Lipinski definition) is 0. The highest BCUT2D eigenvalue weighted by Gasteiger charge is 2.32. The molecule has 0 N–H and O–H groups in total. The third-order valence-corrected chi connectivity index (χ3v) is 5.96. The van der Waals surface area contributed by atoms with Crippen LogP contribution in [-0.4, -0.2) is 37.3 Å². The molecule has 1 saturated heterocycles. The van der Waals surface area contributed by atoms with Crippen molar-refractivity contribution < 1.29 is 17.6 Å². The smallest absolute Gasteiger partial charge is 0.214 e. The summed E-state index contributed by atoms with van der Waals surface area (Å²) in [5, 5.41) is 0. The molecular formula is C16H22FNO3S. The number of rotatable bonds is 6. The summed E-state index contributed by atoms with van der Waals surface area (Å²) in [6.07, 6.45) is 2.82. The maximum absolute atomic E-state index is 12.9. The summed E-state index contributed by atoms with van der Waals surface area (Å²) in [5.41, 5.74) is 0.444. The van der Waals surface area contributed by atoms with Crippen LogP contribution in [0.2, 0.25) is 0 Å². The predicted octanol–water partition coefficient (Wildman–Crippen LogP) is 2.85. The average Bonchev–Trinajstić information content (AvgIpc) is 2.53. The van der Waals surface area contributed by atoms with Gasteiger partial charge in [0, 0.05) is 24.6 Å². The molecule has 0 amide bonds. The highest BCUT2D eigenvalue weighted by molar-refractivity contribution is 7.89. The minimum Gasteiger partial charge on any atom is -0.294 e. The van der Waals surface area contributed by atoms with Gasteiger partial charge in [-0.1, -0.05) is 13.3 Å². The Labute approximate surface area is 131 Å². The molecule has 1 fully saturated rings. The van der Waals surface area contributed by atoms with Crippen LogP contribution in [0.4, 0.5) is 4.39 Å². The maximum atomic E-state index is 12.9. The SMILES string of the molecule is CCCCS(=O)(=O)N1CCCC(C(=O)c2ccc(F)cc2)C1. The van der Waals surface area contributed by atoms with Gasteiger partial charge < -0.3 is 0 Å². The van der Waals surface area contributed by atoms with E-state index in [4.69, 9.17) is 0 Å². The summed E-state index contributed by atoms with van der Waals surface area (Å²) in [6, 6.07) is 5.43. The number of unbranched alkanes of at least 4 members (excludes halogenated alkanes) is 1. The Bertz CT molecular complexity index is 613. The Morgan fingerprint density at radius 1 is 1.32 bits per heavy atom. The first-order valence-corrected chi connectivity index (χ1v) is 9.32. The molecule has 0 aromatic heterocycles. The van der Waals surface area contributed by atoms with Gasteiger partial charge in [-0.3, -0.25) is 4.79 Å². The number of halogens is 1. The van der Waals surface area contributed by atoms with E-state index >= 15 is 0 Å². The van der Waals surface area contributed by atoms with Gasteiger partial charge in [0.2, 0.25) is 10.0 Å². The van der Waals surface area contributed by atoms with Gasteiger partial charge in [0.15, 0.2) is 5.78 Å². The van der Waals surface area contributed by atoms with E-state index in [1.807, 2.05) is 6.92 Å². The molecule has 6 heteroatoms. The monoisotopic (exact) mass is 327 g/mol. The van der Waals surface area contributed by atoms with Crippen LogP contribution in [0, 0.1) is 11.7 Å². The fraction of sp³-hybridized carbons (Fsp3) is 0.562. The summed E-state index contributed by atoms with van der Waals surface area (Å²) in [4.78, 5) is 12.5. The lowest BCUT2D eigenvalue weighted by Crippen LogP contribution is -2.43. The molecular weight excluding hydrogens is 305 g/mol. The summed E-state index contributed by atoms with van der Waals surface area (Å²) in [5.74, 6) is -0.684. The van der Waals surface area contributed by atoms with Gasteiger partial charge in [0.05, 0.1) is 5.75 Å². The van der Waals surface area contributed by atoms with Crippen LogP contribution >= 0.6 is 0 Å². The molecule has 0 aliphatic carbocycles. The van der Waals surface area contributed by atoms with E-state index in [9.17, 15) is 17.6 Å². The fourth-order valence-electron chi connectivity index (χ4n) is 2.71. The van der Waals surface area contributed by atoms with Crippen LogP contribution in [0.25, 0.3) is 0 Å². The molecule has 22 heavy (non-hydrogen) atoms. The van der Waals surface area contributed by atoms with Crippen LogP contribution in [0.1, 0.15) is 43.0 Å². The van der Waals surface area contributed by atoms with Crippen LogP contribution in [0.5, 0.6) is 0 Å². The largest absolute Gasteiger partial charge is 0.294 e. The third-order valence-electron chi connectivity index (χ3n) is 4.03. The fourth-order valence-corrected chi connectivity index (χ4v) is 4.44. The number of nitrogens with zero attached hydrogens (tertiary/aromatic N) is 1. The normalized spacial score (nSPS) is 20.0. The van der Waals surface area contributed by atoms with Gasteiger partial charge in [-0.05, 0) is 43.5 Å². The first-order chi connectivity index (χ1) is 10.4. The van der Waals surface area contributed by atoms with E-state index in [1.165, 1.54) is 28.6 Å². The zero-order valence-electron chi connectivity index (χ0n) is 12.8. The van der Waals surface area contributed by atoms with Crippen molar-refractivity contribution in [2.45, 2.75) is 32.6 Å². The molecule has 0 saturated carbocycles. The topological polar surface area (TPSA) is 54.5 Å². The maximum Gasteiger partial charge on any atom is 0.214 e. The number of piperidine rings is 1. The summed E-state index contributed by atoms with van der Waals surface area (Å²) < 4.78 is 38.9. The zero-order valence-corrected chi connectivity index (χ0v) is 13.6. The molecule has 1 unspecified atom stereocenters. The van der Waals surface area contributed by atoms with E-state index < -0.39 is 10.0 Å². The van der Waals surface area contributed by atoms with Crippen molar-refractivity contribution in [1.29, 1.82) is 0 Å². The van der Waals surface area contributed by atoms with Crippen LogP contribution in [-0.2, 0) is 10.0 Å². The van der Waals surface area contributed by atoms with Gasteiger partial charge in [0.1, 0.15) is 5.82 Å². The Hall–Kier alpha value is -1.27. The molecule has 1 aromatic rings. The molecule has 4 nitrogen and oxygen atoms in total. The summed E-state index contributed by atoms with van der Waals surface area (Å²) in [7, 11) is -3.28. The van der Waals surface area contributed by atoms with E-state index in [0.717, 1.165) is 6.42 Å². The van der Waals surface area contributed by atoms with Gasteiger partial charge in [0.25, 0.3) is 0 Å². The van der Waals surface area contributed by atoms with E-state index in [0.29, 0.717) is 31.4 Å². The Morgan fingerprint density at radius 2 is 2.00 bits per heavy atom. The standard InChI is InChI=1S/C16H22FNO3S/c1-2-3-11-22(20,21)18-10-4-5-14(12-18)16(19)13-6-8-15(17)9-7-13/h6-9,14H,2-5,10-12H2,1H3. The lowest BCUT2D eigenvalue weighted by atomic mass is 9.91. The van der Waals surface area contributed by atoms with Crippen molar-refractivity contribution >= 4 is 15.8 Å². The van der Waals surface area contributed by atoms with Gasteiger partial charge in [-0.2, -0.15) is 0 Å². The second-order valence-electron chi connectivity index (χ2n) is 5.74. The predicted molar refractivity (Wildman–Crippen MR) is 83.7 cm³/mol. The van der Waals surface area contributed by atoms with Crippen molar-refractivity contribution in [2.24, 2.45) is 5.92 Å². The van der Waals surface area contributed by atoms with Crippen LogP contribution in [0.3, 0.4) is 0 Å². The highest BCUT2D eigenvalue weighted by atomic mass is 32.2. The molecule has 1 aromatic carbocycles. The van der Waals surface area contributed by atoms with Gasteiger partial charge in [-0.15, -0.1) is 0 Å². The lowest BCUT2D eigenvalue weighted by molar-refractivity contribution is 0.0872. The number of Topliss-reactive ketones (excluding diaryl/α,β-unsaturated/α-hetero) is 1. The molecule has 0 spiro atoms. The van der Waals surface area contributed by atoms with E-state index in [1.54, 1.807) is 0 Å². The van der Waals surface area contributed by atoms with Crippen LogP contribution in [0.15, 0.2) is 24.3 Å². The lowest BCUT2D eigenvalue weighted by Gasteiger charge is -2.31. The molecule has 1 aliphatic rings. The van der Waals surface area contributed by atoms with Crippen LogP contribution < -0.4 is 0 Å². The van der Waals surface area contributed by atoms with Crippen molar-refractivity contribution in [3.05, 3.63) is 35.6 Å². The Morgan fingerprint density at radius 3 is 2.64 bits per heavy atom. The average molecular weight is 327 g/mol. The minimum absolute atomic E-state index is 0.101. The zero-order chi connectivity index (χ0) is 16.2. The minimum atomic E-state index is -3.28. The molecule has 1 aliphatic heterocycles. The molecule has 0 radical (unpaired) electrons. The van der Waals surface area contributed by atoms with Gasteiger partial charge in [-0.25, -0.2) is 17.1 Å². The number of carbonyl (C=O) groups excluding carboxylic acids is 1. The van der Waals surface area contributed by atoms with Gasteiger partial charge >= 0.3 is 0 Å². The summed E-state index contributed by atoms with van der Waals surface area (Å²) in [6.45, 7) is 2.67. The Balaban J connectivity index is 2.07. The second-order valence-corrected chi connectivity index (χ2v) is 7.83. The number of hydrogen-bond acceptors (Lipinski definition) is 3. The number of ketones is 1. The first-order valence-electron chi connectivity index (χ1n) is 7.71. The van der Waals surface area contributed by atoms with Crippen molar-refractivity contribution in [2.75, 3.05) is 18.8 Å². The first kappa shape index (κ1) is 17.1. The molecule has 0 bridgehead atoms. The quantitative estimate of drug-likeness (QED) is 0.755. The number of sulfonamides is 1.